The molecule has 2 aromatic carbocycles. The Morgan fingerprint density at radius 1 is 1.14 bits per heavy atom. The number of aromatic nitrogens is 2. The zero-order chi connectivity index (χ0) is 25.3. The van der Waals surface area contributed by atoms with E-state index in [-0.39, 0.29) is 18.1 Å². The number of nitrogens with zero attached hydrogens (tertiary/aromatic N) is 5. The van der Waals surface area contributed by atoms with Crippen molar-refractivity contribution in [3.05, 3.63) is 71.3 Å². The molecule has 5 rings (SSSR count). The van der Waals surface area contributed by atoms with Crippen LogP contribution in [0.2, 0.25) is 0 Å². The first-order valence-corrected chi connectivity index (χ1v) is 13.5. The molecule has 9 heteroatoms. The Balaban J connectivity index is 1.61. The average Bonchev–Trinajstić information content (AvgIpc) is 2.88. The number of hydrogen-bond donors (Lipinski definition) is 1. The molecule has 1 saturated heterocycles. The van der Waals surface area contributed by atoms with E-state index in [4.69, 9.17) is 9.97 Å². The topological polar surface area (TPSA) is 116 Å². The Labute approximate surface area is 213 Å². The molecule has 0 radical (unpaired) electrons. The minimum absolute atomic E-state index is 0.0490. The molecule has 184 valence electrons. The number of amides is 1. The lowest BCUT2D eigenvalue weighted by Crippen LogP contribution is -2.65. The Bertz CT molecular complexity index is 1330. The van der Waals surface area contributed by atoms with Crippen molar-refractivity contribution in [1.29, 1.82) is 5.26 Å². The lowest BCUT2D eigenvalue weighted by molar-refractivity contribution is 0.0669. The van der Waals surface area contributed by atoms with Gasteiger partial charge in [0, 0.05) is 41.9 Å². The number of rotatable bonds is 5. The number of nitriles is 1. The van der Waals surface area contributed by atoms with Crippen LogP contribution < -0.4 is 4.90 Å². The predicted octanol–water partition coefficient (Wildman–Crippen LogP) is 3.67. The fourth-order valence-corrected chi connectivity index (χ4v) is 5.90. The van der Waals surface area contributed by atoms with Crippen molar-refractivity contribution in [1.82, 2.24) is 14.9 Å². The smallest absolute Gasteiger partial charge is 0.407 e. The summed E-state index contributed by atoms with van der Waals surface area (Å²) in [5.74, 6) is 0.695. The summed E-state index contributed by atoms with van der Waals surface area (Å²) < 4.78 is 12.5. The van der Waals surface area contributed by atoms with Gasteiger partial charge in [-0.3, -0.25) is 4.90 Å². The number of anilines is 1. The third kappa shape index (κ3) is 4.38. The zero-order valence-corrected chi connectivity index (χ0v) is 20.9. The van der Waals surface area contributed by atoms with Gasteiger partial charge in [0.1, 0.15) is 12.1 Å². The SMILES string of the molecule is C[S+]([O-])c1nc2c(c(N3CCN(C(=O)O)[C@](CC#N)(Cc4ccccc4)C3)n1)CCc1ccccc1-2. The first kappa shape index (κ1) is 24.1. The molecule has 1 N–H and O–H groups in total. The average molecular weight is 502 g/mol. The molecule has 1 aliphatic heterocycles. The maximum atomic E-state index is 12.5. The monoisotopic (exact) mass is 501 g/mol. The second-order valence-corrected chi connectivity index (χ2v) is 10.6. The van der Waals surface area contributed by atoms with Gasteiger partial charge in [-0.1, -0.05) is 54.6 Å². The van der Waals surface area contributed by atoms with Gasteiger partial charge in [0.25, 0.3) is 0 Å². The fraction of sp³-hybridized carbons (Fsp3) is 0.333. The van der Waals surface area contributed by atoms with Crippen LogP contribution in [0.25, 0.3) is 11.3 Å². The molecule has 2 heterocycles. The van der Waals surface area contributed by atoms with Crippen LogP contribution in [0.5, 0.6) is 0 Å². The van der Waals surface area contributed by atoms with Crippen LogP contribution in [0.3, 0.4) is 0 Å². The summed E-state index contributed by atoms with van der Waals surface area (Å²) >= 11 is -1.39. The van der Waals surface area contributed by atoms with E-state index >= 15 is 0 Å². The molecule has 0 spiro atoms. The van der Waals surface area contributed by atoms with Crippen LogP contribution in [0.15, 0.2) is 59.8 Å². The maximum Gasteiger partial charge on any atom is 0.407 e. The molecule has 0 saturated carbocycles. The van der Waals surface area contributed by atoms with E-state index in [2.05, 4.69) is 17.0 Å². The first-order valence-electron chi connectivity index (χ1n) is 11.9. The maximum absolute atomic E-state index is 12.5. The summed E-state index contributed by atoms with van der Waals surface area (Å²) in [6, 6.07) is 20.0. The molecule has 2 atom stereocenters. The molecular weight excluding hydrogens is 474 g/mol. The Kier molecular flexibility index (Phi) is 6.56. The van der Waals surface area contributed by atoms with E-state index in [1.54, 1.807) is 6.26 Å². The molecule has 0 bridgehead atoms. The van der Waals surface area contributed by atoms with E-state index in [1.807, 2.05) is 48.5 Å². The summed E-state index contributed by atoms with van der Waals surface area (Å²) in [6.07, 6.45) is 2.57. The lowest BCUT2D eigenvalue weighted by atomic mass is 9.83. The lowest BCUT2D eigenvalue weighted by Gasteiger charge is -2.49. The largest absolute Gasteiger partial charge is 0.609 e. The molecular formula is C27H27N5O3S. The number of piperazine rings is 1. The van der Waals surface area contributed by atoms with Gasteiger partial charge in [0.2, 0.25) is 0 Å². The summed E-state index contributed by atoms with van der Waals surface area (Å²) in [5, 5.41) is 20.1. The van der Waals surface area contributed by atoms with Crippen molar-refractivity contribution in [2.45, 2.75) is 36.4 Å². The highest BCUT2D eigenvalue weighted by Crippen LogP contribution is 2.39. The third-order valence-electron chi connectivity index (χ3n) is 7.10. The highest BCUT2D eigenvalue weighted by Gasteiger charge is 2.45. The minimum atomic E-state index is -1.39. The highest BCUT2D eigenvalue weighted by molar-refractivity contribution is 7.90. The predicted molar refractivity (Wildman–Crippen MR) is 137 cm³/mol. The molecule has 3 aromatic rings. The van der Waals surface area contributed by atoms with Gasteiger partial charge in [-0.05, 0) is 30.4 Å². The van der Waals surface area contributed by atoms with Crippen molar-refractivity contribution in [3.8, 4) is 17.3 Å². The number of hydrogen-bond acceptors (Lipinski definition) is 6. The van der Waals surface area contributed by atoms with E-state index < -0.39 is 22.8 Å². The van der Waals surface area contributed by atoms with E-state index in [1.165, 1.54) is 10.5 Å². The second-order valence-electron chi connectivity index (χ2n) is 9.35. The second kappa shape index (κ2) is 9.80. The van der Waals surface area contributed by atoms with Gasteiger partial charge in [-0.15, -0.1) is 0 Å². The Hall–Kier alpha value is -3.61. The standard InChI is InChI=1S/C27H27N5O3S/c1-36(35)25-29-23-21-10-6-5-9-20(21)11-12-22(23)24(30-25)31-15-16-32(26(33)34)27(18-31,13-14-28)17-19-7-3-2-4-8-19/h2-10H,11-13,15-18H2,1H3,(H,33,34)/t27-,36?/m1/s1. The van der Waals surface area contributed by atoms with Crippen molar-refractivity contribution >= 4 is 23.1 Å². The summed E-state index contributed by atoms with van der Waals surface area (Å²) in [7, 11) is 0. The van der Waals surface area contributed by atoms with Gasteiger partial charge in [-0.25, -0.2) is 4.79 Å². The van der Waals surface area contributed by atoms with Crippen molar-refractivity contribution in [2.24, 2.45) is 0 Å². The first-order chi connectivity index (χ1) is 17.4. The number of carbonyl (C=O) groups is 1. The number of fused-ring (bicyclic) bond motifs is 3. The van der Waals surface area contributed by atoms with Crippen molar-refractivity contribution < 1.29 is 14.5 Å². The molecule has 1 aliphatic carbocycles. The van der Waals surface area contributed by atoms with E-state index in [0.717, 1.165) is 35.2 Å². The van der Waals surface area contributed by atoms with E-state index in [0.29, 0.717) is 25.3 Å². The van der Waals surface area contributed by atoms with Crippen LogP contribution in [0, 0.1) is 11.3 Å². The highest BCUT2D eigenvalue weighted by atomic mass is 32.2. The van der Waals surface area contributed by atoms with E-state index in [9.17, 15) is 19.7 Å². The summed E-state index contributed by atoms with van der Waals surface area (Å²) in [5.41, 5.74) is 4.01. The van der Waals surface area contributed by atoms with Crippen LogP contribution in [-0.2, 0) is 30.4 Å². The van der Waals surface area contributed by atoms with Crippen LogP contribution in [0.4, 0.5) is 10.6 Å². The molecule has 2 aliphatic rings. The normalized spacial score (nSPS) is 19.7. The van der Waals surface area contributed by atoms with Gasteiger partial charge in [0.05, 0.1) is 23.7 Å². The van der Waals surface area contributed by atoms with Gasteiger partial charge in [-0.2, -0.15) is 15.2 Å². The van der Waals surface area contributed by atoms with Gasteiger partial charge < -0.3 is 14.6 Å². The van der Waals surface area contributed by atoms with Crippen LogP contribution in [-0.4, -0.2) is 62.0 Å². The molecule has 1 unspecified atom stereocenters. The molecule has 1 fully saturated rings. The molecule has 8 nitrogen and oxygen atoms in total. The Morgan fingerprint density at radius 3 is 2.61 bits per heavy atom. The van der Waals surface area contributed by atoms with Crippen LogP contribution >= 0.6 is 0 Å². The number of carboxylic acid groups (broad SMARTS) is 1. The van der Waals surface area contributed by atoms with Crippen LogP contribution in [0.1, 0.15) is 23.1 Å². The Morgan fingerprint density at radius 2 is 1.89 bits per heavy atom. The van der Waals surface area contributed by atoms with Crippen molar-refractivity contribution in [3.63, 3.8) is 0 Å². The summed E-state index contributed by atoms with van der Waals surface area (Å²) in [4.78, 5) is 25.3. The van der Waals surface area contributed by atoms with Crippen molar-refractivity contribution in [2.75, 3.05) is 30.8 Å². The quantitative estimate of drug-likeness (QED) is 0.419. The number of aryl methyl sites for hydroxylation is 1. The van der Waals surface area contributed by atoms with Gasteiger partial charge in [0.15, 0.2) is 0 Å². The third-order valence-corrected chi connectivity index (χ3v) is 7.80. The number of benzene rings is 2. The summed E-state index contributed by atoms with van der Waals surface area (Å²) in [6.45, 7) is 0.974. The molecule has 1 amide bonds. The molecule has 1 aromatic heterocycles. The minimum Gasteiger partial charge on any atom is -0.609 e. The zero-order valence-electron chi connectivity index (χ0n) is 20.1. The molecule has 36 heavy (non-hydrogen) atoms. The fourth-order valence-electron chi connectivity index (χ4n) is 5.47. The van der Waals surface area contributed by atoms with Gasteiger partial charge >= 0.3 is 11.2 Å².